The van der Waals surface area contributed by atoms with Crippen molar-refractivity contribution in [2.24, 2.45) is 7.05 Å². The smallest absolute Gasteiger partial charge is 0.230 e. The van der Waals surface area contributed by atoms with Gasteiger partial charge in [0.05, 0.1) is 22.8 Å². The standard InChI is InChI=1S/C13H13Cl2N3O/c1-8-5-10(18(2)17-8)7-13(19)16-12-6-9(14)3-4-11(12)15/h3-6H,7H2,1-2H3,(H,16,19). The van der Waals surface area contributed by atoms with Crippen LogP contribution in [0.2, 0.25) is 10.0 Å². The fourth-order valence-electron chi connectivity index (χ4n) is 1.78. The van der Waals surface area contributed by atoms with Gasteiger partial charge in [-0.25, -0.2) is 0 Å². The zero-order valence-electron chi connectivity index (χ0n) is 10.6. The number of anilines is 1. The molecule has 0 bridgehead atoms. The van der Waals surface area contributed by atoms with Crippen molar-refractivity contribution >= 4 is 34.8 Å². The van der Waals surface area contributed by atoms with E-state index in [1.807, 2.05) is 20.0 Å². The minimum Gasteiger partial charge on any atom is -0.324 e. The summed E-state index contributed by atoms with van der Waals surface area (Å²) < 4.78 is 1.69. The van der Waals surface area contributed by atoms with E-state index in [1.54, 1.807) is 22.9 Å². The Morgan fingerprint density at radius 3 is 2.74 bits per heavy atom. The van der Waals surface area contributed by atoms with E-state index in [-0.39, 0.29) is 12.3 Å². The number of carbonyl (C=O) groups is 1. The second kappa shape index (κ2) is 5.63. The molecule has 1 N–H and O–H groups in total. The largest absolute Gasteiger partial charge is 0.324 e. The summed E-state index contributed by atoms with van der Waals surface area (Å²) in [6.07, 6.45) is 0.236. The number of nitrogens with one attached hydrogen (secondary N) is 1. The SMILES string of the molecule is Cc1cc(CC(=O)Nc2cc(Cl)ccc2Cl)n(C)n1. The zero-order valence-corrected chi connectivity index (χ0v) is 12.1. The molecule has 0 aliphatic carbocycles. The summed E-state index contributed by atoms with van der Waals surface area (Å²) in [6, 6.07) is 6.81. The number of hydrogen-bond acceptors (Lipinski definition) is 2. The van der Waals surface area contributed by atoms with Gasteiger partial charge in [0.25, 0.3) is 0 Å². The maximum atomic E-state index is 12.0. The molecule has 0 aliphatic rings. The molecule has 0 radical (unpaired) electrons. The number of rotatable bonds is 3. The molecule has 6 heteroatoms. The van der Waals surface area contributed by atoms with Gasteiger partial charge in [0.2, 0.25) is 5.91 Å². The fourth-order valence-corrected chi connectivity index (χ4v) is 2.12. The highest BCUT2D eigenvalue weighted by atomic mass is 35.5. The van der Waals surface area contributed by atoms with E-state index in [2.05, 4.69) is 10.4 Å². The van der Waals surface area contributed by atoms with Crippen molar-refractivity contribution in [1.82, 2.24) is 9.78 Å². The Morgan fingerprint density at radius 2 is 2.11 bits per heavy atom. The van der Waals surface area contributed by atoms with Crippen LogP contribution in [-0.2, 0) is 18.3 Å². The summed E-state index contributed by atoms with van der Waals surface area (Å²) in [6.45, 7) is 1.88. The molecular formula is C13H13Cl2N3O. The third-order valence-corrected chi connectivity index (χ3v) is 3.21. The molecule has 0 aliphatic heterocycles. The Morgan fingerprint density at radius 1 is 1.37 bits per heavy atom. The minimum absolute atomic E-state index is 0.160. The average Bonchev–Trinajstić information content (AvgIpc) is 2.62. The lowest BCUT2D eigenvalue weighted by Gasteiger charge is -2.07. The van der Waals surface area contributed by atoms with Gasteiger partial charge in [-0.1, -0.05) is 23.2 Å². The van der Waals surface area contributed by atoms with Crippen LogP contribution in [0.1, 0.15) is 11.4 Å². The molecule has 100 valence electrons. The van der Waals surface area contributed by atoms with Crippen molar-refractivity contribution in [2.45, 2.75) is 13.3 Å². The van der Waals surface area contributed by atoms with Crippen LogP contribution < -0.4 is 5.32 Å². The summed E-state index contributed by atoms with van der Waals surface area (Å²) in [5.41, 5.74) is 2.23. The maximum Gasteiger partial charge on any atom is 0.230 e. The fraction of sp³-hybridized carbons (Fsp3) is 0.231. The molecule has 1 heterocycles. The zero-order chi connectivity index (χ0) is 14.0. The summed E-state index contributed by atoms with van der Waals surface area (Å²) in [5, 5.41) is 7.91. The molecule has 0 fully saturated rings. The van der Waals surface area contributed by atoms with Crippen LogP contribution in [-0.4, -0.2) is 15.7 Å². The van der Waals surface area contributed by atoms with Gasteiger partial charge in [-0.05, 0) is 31.2 Å². The molecule has 4 nitrogen and oxygen atoms in total. The summed E-state index contributed by atoms with van der Waals surface area (Å²) >= 11 is 11.9. The van der Waals surface area contributed by atoms with Gasteiger partial charge in [0.15, 0.2) is 0 Å². The van der Waals surface area contributed by atoms with Crippen molar-refractivity contribution in [3.05, 3.63) is 45.7 Å². The number of halogens is 2. The lowest BCUT2D eigenvalue weighted by atomic mass is 10.2. The Kier molecular flexibility index (Phi) is 4.12. The molecular weight excluding hydrogens is 285 g/mol. The van der Waals surface area contributed by atoms with Crippen LogP contribution in [0.5, 0.6) is 0 Å². The molecule has 2 rings (SSSR count). The first-order chi connectivity index (χ1) is 8.95. The molecule has 2 aromatic rings. The van der Waals surface area contributed by atoms with Crippen LogP contribution in [0, 0.1) is 6.92 Å². The van der Waals surface area contributed by atoms with Crippen molar-refractivity contribution < 1.29 is 4.79 Å². The predicted octanol–water partition coefficient (Wildman–Crippen LogP) is 3.22. The highest BCUT2D eigenvalue weighted by molar-refractivity contribution is 6.35. The maximum absolute atomic E-state index is 12.0. The van der Waals surface area contributed by atoms with Gasteiger partial charge in [-0.2, -0.15) is 5.10 Å². The molecule has 0 saturated carbocycles. The van der Waals surface area contributed by atoms with Crippen LogP contribution in [0.4, 0.5) is 5.69 Å². The Balaban J connectivity index is 2.09. The van der Waals surface area contributed by atoms with Crippen LogP contribution in [0.3, 0.4) is 0 Å². The van der Waals surface area contributed by atoms with E-state index in [1.165, 1.54) is 0 Å². The molecule has 0 saturated heterocycles. The van der Waals surface area contributed by atoms with E-state index >= 15 is 0 Å². The Bertz CT molecular complexity index is 622. The number of carbonyl (C=O) groups excluding carboxylic acids is 1. The topological polar surface area (TPSA) is 46.9 Å². The van der Waals surface area contributed by atoms with Crippen LogP contribution >= 0.6 is 23.2 Å². The van der Waals surface area contributed by atoms with Crippen molar-refractivity contribution in [2.75, 3.05) is 5.32 Å². The second-order valence-corrected chi connectivity index (χ2v) is 5.09. The molecule has 0 unspecified atom stereocenters. The quantitative estimate of drug-likeness (QED) is 0.945. The van der Waals surface area contributed by atoms with E-state index in [0.717, 1.165) is 11.4 Å². The number of hydrogen-bond donors (Lipinski definition) is 1. The Hall–Kier alpha value is -1.52. The number of aromatic nitrogens is 2. The lowest BCUT2D eigenvalue weighted by molar-refractivity contribution is -0.115. The van der Waals surface area contributed by atoms with E-state index in [9.17, 15) is 4.79 Å². The Labute approximate surface area is 121 Å². The molecule has 1 aromatic heterocycles. The van der Waals surface area contributed by atoms with Crippen molar-refractivity contribution in [1.29, 1.82) is 0 Å². The summed E-state index contributed by atoms with van der Waals surface area (Å²) in [7, 11) is 1.81. The molecule has 19 heavy (non-hydrogen) atoms. The van der Waals surface area contributed by atoms with Crippen LogP contribution in [0.15, 0.2) is 24.3 Å². The number of amides is 1. The molecule has 1 aromatic carbocycles. The first-order valence-corrected chi connectivity index (χ1v) is 6.45. The first kappa shape index (κ1) is 13.9. The molecule has 1 amide bonds. The monoisotopic (exact) mass is 297 g/mol. The normalized spacial score (nSPS) is 10.5. The number of benzene rings is 1. The third kappa shape index (κ3) is 3.49. The average molecular weight is 298 g/mol. The highest BCUT2D eigenvalue weighted by Gasteiger charge is 2.10. The van der Waals surface area contributed by atoms with Gasteiger partial charge in [0.1, 0.15) is 0 Å². The van der Waals surface area contributed by atoms with Crippen molar-refractivity contribution in [3.8, 4) is 0 Å². The number of nitrogens with zero attached hydrogens (tertiary/aromatic N) is 2. The molecule has 0 spiro atoms. The number of aryl methyl sites for hydroxylation is 2. The minimum atomic E-state index is -0.160. The highest BCUT2D eigenvalue weighted by Crippen LogP contribution is 2.25. The van der Waals surface area contributed by atoms with E-state index < -0.39 is 0 Å². The van der Waals surface area contributed by atoms with E-state index in [0.29, 0.717) is 15.7 Å². The lowest BCUT2D eigenvalue weighted by Crippen LogP contribution is -2.16. The summed E-state index contributed by atoms with van der Waals surface area (Å²) in [5.74, 6) is -0.160. The van der Waals surface area contributed by atoms with Crippen molar-refractivity contribution in [3.63, 3.8) is 0 Å². The van der Waals surface area contributed by atoms with Gasteiger partial charge < -0.3 is 5.32 Å². The van der Waals surface area contributed by atoms with Gasteiger partial charge in [-0.3, -0.25) is 9.48 Å². The first-order valence-electron chi connectivity index (χ1n) is 5.70. The third-order valence-electron chi connectivity index (χ3n) is 2.64. The summed E-state index contributed by atoms with van der Waals surface area (Å²) in [4.78, 5) is 12.0. The van der Waals surface area contributed by atoms with Crippen LogP contribution in [0.25, 0.3) is 0 Å². The van der Waals surface area contributed by atoms with Gasteiger partial charge >= 0.3 is 0 Å². The second-order valence-electron chi connectivity index (χ2n) is 4.25. The predicted molar refractivity (Wildman–Crippen MR) is 76.7 cm³/mol. The van der Waals surface area contributed by atoms with Gasteiger partial charge in [0, 0.05) is 17.8 Å². The van der Waals surface area contributed by atoms with Gasteiger partial charge in [-0.15, -0.1) is 0 Å². The molecule has 0 atom stereocenters. The van der Waals surface area contributed by atoms with E-state index in [4.69, 9.17) is 23.2 Å².